The molecule has 0 aliphatic carbocycles. The highest BCUT2D eigenvalue weighted by atomic mass is 16.5. The zero-order valence-electron chi connectivity index (χ0n) is 20.1. The number of carbonyl (C=O) groups excluding carboxylic acids is 1. The normalized spacial score (nSPS) is 22.5. The van der Waals surface area contributed by atoms with E-state index in [1.807, 2.05) is 50.9 Å². The Labute approximate surface area is 196 Å². The van der Waals surface area contributed by atoms with Crippen LogP contribution >= 0.6 is 0 Å². The average molecular weight is 454 g/mol. The van der Waals surface area contributed by atoms with Crippen molar-refractivity contribution in [2.45, 2.75) is 77.3 Å². The summed E-state index contributed by atoms with van der Waals surface area (Å²) >= 11 is 0. The van der Waals surface area contributed by atoms with Gasteiger partial charge in [-0.05, 0) is 58.2 Å². The van der Waals surface area contributed by atoms with Crippen LogP contribution in [0.2, 0.25) is 0 Å². The molecule has 7 heteroatoms. The molecule has 7 nitrogen and oxygen atoms in total. The van der Waals surface area contributed by atoms with Crippen LogP contribution < -0.4 is 4.74 Å². The van der Waals surface area contributed by atoms with Crippen LogP contribution in [0.5, 0.6) is 5.88 Å². The lowest BCUT2D eigenvalue weighted by Crippen LogP contribution is -2.52. The second-order valence-electron chi connectivity index (χ2n) is 9.40. The van der Waals surface area contributed by atoms with Crippen LogP contribution in [0.4, 0.5) is 0 Å². The molecule has 0 radical (unpaired) electrons. The zero-order valence-corrected chi connectivity index (χ0v) is 20.1. The predicted molar refractivity (Wildman–Crippen MR) is 125 cm³/mol. The highest BCUT2D eigenvalue weighted by Gasteiger charge is 2.45. The molecule has 0 aromatic carbocycles. The van der Waals surface area contributed by atoms with Crippen LogP contribution in [0.3, 0.4) is 0 Å². The number of amides is 1. The maximum Gasteiger partial charge on any atom is 0.255 e. The third-order valence-corrected chi connectivity index (χ3v) is 6.51. The topological polar surface area (TPSA) is 73.8 Å². The summed E-state index contributed by atoms with van der Waals surface area (Å²) in [4.78, 5) is 23.7. The van der Waals surface area contributed by atoms with Gasteiger partial charge in [-0.25, -0.2) is 4.98 Å². The first-order chi connectivity index (χ1) is 15.9. The summed E-state index contributed by atoms with van der Waals surface area (Å²) in [6.45, 7) is 9.89. The van der Waals surface area contributed by atoms with Gasteiger partial charge in [0.25, 0.3) is 5.91 Å². The summed E-state index contributed by atoms with van der Waals surface area (Å²) in [7, 11) is 0. The van der Waals surface area contributed by atoms with Crippen LogP contribution in [0.1, 0.15) is 74.0 Å². The van der Waals surface area contributed by atoms with Gasteiger partial charge in [0.2, 0.25) is 5.88 Å². The minimum atomic E-state index is -0.279. The number of likely N-dealkylation sites (tertiary alicyclic amines) is 1. The average Bonchev–Trinajstić information content (AvgIpc) is 2.81. The van der Waals surface area contributed by atoms with E-state index in [1.165, 1.54) is 0 Å². The summed E-state index contributed by atoms with van der Waals surface area (Å²) in [5, 5.41) is 0. The second-order valence-corrected chi connectivity index (χ2v) is 9.40. The van der Waals surface area contributed by atoms with Gasteiger partial charge in [0.15, 0.2) is 0 Å². The van der Waals surface area contributed by atoms with Crippen molar-refractivity contribution in [3.8, 4) is 5.88 Å². The maximum atomic E-state index is 13.2. The van der Waals surface area contributed by atoms with Gasteiger partial charge in [-0.2, -0.15) is 0 Å². The van der Waals surface area contributed by atoms with E-state index in [4.69, 9.17) is 14.2 Å². The van der Waals surface area contributed by atoms with Crippen molar-refractivity contribution in [3.63, 3.8) is 0 Å². The van der Waals surface area contributed by atoms with Gasteiger partial charge in [0.1, 0.15) is 0 Å². The maximum absolute atomic E-state index is 13.2. The molecule has 2 aromatic rings. The molecule has 2 aromatic heterocycles. The fourth-order valence-electron chi connectivity index (χ4n) is 4.92. The molecule has 4 heterocycles. The second kappa shape index (κ2) is 10.2. The van der Waals surface area contributed by atoms with Gasteiger partial charge in [-0.3, -0.25) is 9.78 Å². The van der Waals surface area contributed by atoms with Crippen LogP contribution in [0, 0.1) is 6.92 Å². The molecular weight excluding hydrogens is 418 g/mol. The molecule has 0 N–H and O–H groups in total. The van der Waals surface area contributed by atoms with Gasteiger partial charge in [0, 0.05) is 56.7 Å². The Morgan fingerprint density at radius 3 is 2.73 bits per heavy atom. The Hall–Kier alpha value is -2.51. The van der Waals surface area contributed by atoms with Crippen molar-refractivity contribution in [2.24, 2.45) is 0 Å². The Balaban J connectivity index is 1.44. The molecular formula is C26H35N3O4. The number of nitrogens with zero attached hydrogens (tertiary/aromatic N) is 3. The molecule has 2 fully saturated rings. The van der Waals surface area contributed by atoms with E-state index in [1.54, 1.807) is 12.4 Å². The molecule has 2 aliphatic rings. The zero-order chi connectivity index (χ0) is 23.4. The first-order valence-electron chi connectivity index (χ1n) is 12.0. The van der Waals surface area contributed by atoms with Crippen LogP contribution in [0.25, 0.3) is 0 Å². The van der Waals surface area contributed by atoms with Gasteiger partial charge >= 0.3 is 0 Å². The number of hydrogen-bond donors (Lipinski definition) is 0. The summed E-state index contributed by atoms with van der Waals surface area (Å²) in [5.74, 6) is 0.593. The number of aromatic nitrogens is 2. The van der Waals surface area contributed by atoms with Gasteiger partial charge in [0.05, 0.1) is 29.5 Å². The van der Waals surface area contributed by atoms with E-state index < -0.39 is 0 Å². The predicted octanol–water partition coefficient (Wildman–Crippen LogP) is 4.50. The molecule has 2 unspecified atom stereocenters. The van der Waals surface area contributed by atoms with Crippen molar-refractivity contribution in [1.29, 1.82) is 0 Å². The summed E-state index contributed by atoms with van der Waals surface area (Å²) in [5.41, 5.74) is 2.28. The third-order valence-electron chi connectivity index (χ3n) is 6.51. The Morgan fingerprint density at radius 1 is 1.30 bits per heavy atom. The molecule has 0 bridgehead atoms. The number of rotatable bonds is 6. The number of piperidine rings is 1. The van der Waals surface area contributed by atoms with Crippen molar-refractivity contribution >= 4 is 5.91 Å². The minimum absolute atomic E-state index is 0.0116. The molecule has 2 atom stereocenters. The van der Waals surface area contributed by atoms with E-state index in [-0.39, 0.29) is 29.8 Å². The summed E-state index contributed by atoms with van der Waals surface area (Å²) < 4.78 is 18.5. The molecule has 178 valence electrons. The number of pyridine rings is 2. The standard InChI is InChI=1S/C26H35N3O4/c1-5-31-22-14-23(20-7-6-10-27-16-20)33-26(15-22)8-11-29(12-9-26)25(30)21-13-19(4)24(28-17-21)32-18(2)3/h6-7,10,13,16-18,22-23H,5,8-9,11-12,14-15H2,1-4H3. The van der Waals surface area contributed by atoms with E-state index in [2.05, 4.69) is 16.0 Å². The molecule has 2 aliphatic heterocycles. The number of carbonyl (C=O) groups is 1. The molecule has 0 saturated carbocycles. The van der Waals surface area contributed by atoms with Gasteiger partial charge in [-0.15, -0.1) is 0 Å². The Morgan fingerprint density at radius 2 is 2.09 bits per heavy atom. The lowest BCUT2D eigenvalue weighted by atomic mass is 9.80. The molecule has 1 amide bonds. The van der Waals surface area contributed by atoms with Crippen molar-refractivity contribution in [3.05, 3.63) is 53.5 Å². The highest BCUT2D eigenvalue weighted by molar-refractivity contribution is 5.94. The molecule has 1 spiro atoms. The van der Waals surface area contributed by atoms with Gasteiger partial charge < -0.3 is 19.1 Å². The fourth-order valence-corrected chi connectivity index (χ4v) is 4.92. The van der Waals surface area contributed by atoms with Crippen LogP contribution in [-0.4, -0.2) is 58.3 Å². The SMILES string of the molecule is CCOC1CC(c2cccnc2)OC2(CCN(C(=O)c3cnc(OC(C)C)c(C)c3)CC2)C1. The van der Waals surface area contributed by atoms with E-state index in [0.717, 1.165) is 36.8 Å². The summed E-state index contributed by atoms with van der Waals surface area (Å²) in [6, 6.07) is 5.89. The van der Waals surface area contributed by atoms with Crippen LogP contribution in [0.15, 0.2) is 36.8 Å². The van der Waals surface area contributed by atoms with Crippen molar-refractivity contribution in [1.82, 2.24) is 14.9 Å². The number of aryl methyl sites for hydroxylation is 1. The molecule has 4 rings (SSSR count). The highest BCUT2D eigenvalue weighted by Crippen LogP contribution is 2.44. The quantitative estimate of drug-likeness (QED) is 0.641. The largest absolute Gasteiger partial charge is 0.475 e. The number of hydrogen-bond acceptors (Lipinski definition) is 6. The van der Waals surface area contributed by atoms with E-state index >= 15 is 0 Å². The van der Waals surface area contributed by atoms with E-state index in [9.17, 15) is 4.79 Å². The molecule has 2 saturated heterocycles. The molecule has 33 heavy (non-hydrogen) atoms. The van der Waals surface area contributed by atoms with Crippen molar-refractivity contribution in [2.75, 3.05) is 19.7 Å². The minimum Gasteiger partial charge on any atom is -0.475 e. The Kier molecular flexibility index (Phi) is 7.29. The first-order valence-corrected chi connectivity index (χ1v) is 12.0. The third kappa shape index (κ3) is 5.53. The van der Waals surface area contributed by atoms with E-state index in [0.29, 0.717) is 31.1 Å². The van der Waals surface area contributed by atoms with Crippen molar-refractivity contribution < 1.29 is 19.0 Å². The summed E-state index contributed by atoms with van der Waals surface area (Å²) in [6.07, 6.45) is 8.72. The lowest BCUT2D eigenvalue weighted by Gasteiger charge is -2.48. The fraction of sp³-hybridized carbons (Fsp3) is 0.577. The van der Waals surface area contributed by atoms with Gasteiger partial charge in [-0.1, -0.05) is 6.07 Å². The smallest absolute Gasteiger partial charge is 0.255 e. The van der Waals surface area contributed by atoms with Crippen LogP contribution in [-0.2, 0) is 9.47 Å². The lowest BCUT2D eigenvalue weighted by molar-refractivity contribution is -0.190. The number of ether oxygens (including phenoxy) is 3. The monoisotopic (exact) mass is 453 g/mol. The first kappa shape index (κ1) is 23.6. The Bertz CT molecular complexity index is 942.